The van der Waals surface area contributed by atoms with Crippen LogP contribution in [-0.2, 0) is 9.59 Å². The largest absolute Gasteiger partial charge is 0.504 e. The topological polar surface area (TPSA) is 122 Å². The first-order chi connectivity index (χ1) is 10.6. The van der Waals surface area contributed by atoms with E-state index in [2.05, 4.69) is 14.7 Å². The van der Waals surface area contributed by atoms with Crippen molar-refractivity contribution < 1.29 is 29.3 Å². The summed E-state index contributed by atoms with van der Waals surface area (Å²) in [6.07, 6.45) is 0. The SMILES string of the molecule is Cc1cc2c(O)c(O)c3nc(OC=O)cc(OC=O)c3c2[nH]1. The van der Waals surface area contributed by atoms with Crippen LogP contribution >= 0.6 is 0 Å². The van der Waals surface area contributed by atoms with E-state index in [-0.39, 0.29) is 41.2 Å². The van der Waals surface area contributed by atoms with Crippen molar-refractivity contribution in [1.82, 2.24) is 9.97 Å². The molecule has 0 aliphatic heterocycles. The molecule has 2 aromatic heterocycles. The number of H-pyrrole nitrogens is 1. The maximum absolute atomic E-state index is 10.7. The molecule has 0 spiro atoms. The molecule has 22 heavy (non-hydrogen) atoms. The molecule has 0 saturated carbocycles. The molecule has 3 rings (SSSR count). The second-order valence-electron chi connectivity index (χ2n) is 4.55. The van der Waals surface area contributed by atoms with Gasteiger partial charge < -0.3 is 24.7 Å². The number of nitrogens with zero attached hydrogens (tertiary/aromatic N) is 1. The maximum atomic E-state index is 10.7. The molecular formula is C14H10N2O6. The van der Waals surface area contributed by atoms with Crippen molar-refractivity contribution in [2.75, 3.05) is 0 Å². The van der Waals surface area contributed by atoms with Crippen LogP contribution in [0.4, 0.5) is 0 Å². The van der Waals surface area contributed by atoms with Gasteiger partial charge in [-0.2, -0.15) is 0 Å². The number of ether oxygens (including phenoxy) is 2. The van der Waals surface area contributed by atoms with Crippen LogP contribution in [0.25, 0.3) is 21.8 Å². The lowest BCUT2D eigenvalue weighted by molar-refractivity contribution is -0.121. The summed E-state index contributed by atoms with van der Waals surface area (Å²) in [5.74, 6) is -1.04. The molecule has 8 nitrogen and oxygen atoms in total. The van der Waals surface area contributed by atoms with Gasteiger partial charge in [0.05, 0.1) is 10.9 Å². The first-order valence-electron chi connectivity index (χ1n) is 6.15. The molecule has 2 heterocycles. The Bertz CT molecular complexity index is 915. The Morgan fingerprint density at radius 2 is 1.86 bits per heavy atom. The molecule has 0 unspecified atom stereocenters. The lowest BCUT2D eigenvalue weighted by atomic mass is 10.1. The lowest BCUT2D eigenvalue weighted by Crippen LogP contribution is -1.97. The van der Waals surface area contributed by atoms with Gasteiger partial charge in [-0.3, -0.25) is 9.59 Å². The van der Waals surface area contributed by atoms with Crippen LogP contribution in [0.1, 0.15) is 5.69 Å². The molecule has 112 valence electrons. The molecule has 0 aliphatic carbocycles. The Hall–Kier alpha value is -3.29. The molecule has 0 radical (unpaired) electrons. The number of rotatable bonds is 4. The summed E-state index contributed by atoms with van der Waals surface area (Å²) >= 11 is 0. The quantitative estimate of drug-likeness (QED) is 0.493. The van der Waals surface area contributed by atoms with Crippen molar-refractivity contribution >= 4 is 34.8 Å². The van der Waals surface area contributed by atoms with Crippen LogP contribution in [0.5, 0.6) is 23.1 Å². The fourth-order valence-corrected chi connectivity index (χ4v) is 2.38. The Kier molecular flexibility index (Phi) is 3.06. The smallest absolute Gasteiger partial charge is 0.299 e. The van der Waals surface area contributed by atoms with Crippen LogP contribution in [-0.4, -0.2) is 33.1 Å². The van der Waals surface area contributed by atoms with Gasteiger partial charge in [0.15, 0.2) is 11.5 Å². The molecular weight excluding hydrogens is 292 g/mol. The number of nitrogens with one attached hydrogen (secondary N) is 1. The predicted molar refractivity (Wildman–Crippen MR) is 75.1 cm³/mol. The summed E-state index contributed by atoms with van der Waals surface area (Å²) in [4.78, 5) is 28.1. The van der Waals surface area contributed by atoms with E-state index in [1.54, 1.807) is 13.0 Å². The van der Waals surface area contributed by atoms with Gasteiger partial charge in [-0.25, -0.2) is 4.98 Å². The molecule has 1 aromatic carbocycles. The molecule has 0 atom stereocenters. The predicted octanol–water partition coefficient (Wildman–Crippen LogP) is 1.51. The van der Waals surface area contributed by atoms with E-state index < -0.39 is 5.75 Å². The average molecular weight is 302 g/mol. The number of carbonyl (C=O) groups excluding carboxylic acids is 2. The highest BCUT2D eigenvalue weighted by atomic mass is 16.5. The number of hydrogen-bond donors (Lipinski definition) is 3. The van der Waals surface area contributed by atoms with Gasteiger partial charge in [0.2, 0.25) is 5.88 Å². The number of aromatic amines is 1. The number of pyridine rings is 1. The summed E-state index contributed by atoms with van der Waals surface area (Å²) in [7, 11) is 0. The number of carbonyl (C=O) groups is 2. The first kappa shape index (κ1) is 13.7. The van der Waals surface area contributed by atoms with Crippen molar-refractivity contribution in [3.8, 4) is 23.1 Å². The highest BCUT2D eigenvalue weighted by Crippen LogP contribution is 2.45. The van der Waals surface area contributed by atoms with Gasteiger partial charge in [0, 0.05) is 17.1 Å². The molecule has 3 N–H and O–H groups in total. The lowest BCUT2D eigenvalue weighted by Gasteiger charge is -2.10. The monoisotopic (exact) mass is 302 g/mol. The third kappa shape index (κ3) is 1.89. The molecule has 0 fully saturated rings. The molecule has 0 saturated heterocycles. The van der Waals surface area contributed by atoms with Crippen LogP contribution in [0.3, 0.4) is 0 Å². The van der Waals surface area contributed by atoms with E-state index >= 15 is 0 Å². The van der Waals surface area contributed by atoms with E-state index in [1.165, 1.54) is 6.07 Å². The Balaban J connectivity index is 2.52. The number of aromatic hydroxyl groups is 2. The van der Waals surface area contributed by atoms with Gasteiger partial charge in [0.25, 0.3) is 12.9 Å². The van der Waals surface area contributed by atoms with Crippen molar-refractivity contribution in [2.24, 2.45) is 0 Å². The third-order valence-electron chi connectivity index (χ3n) is 3.21. The number of aromatic nitrogens is 2. The number of phenols is 2. The normalized spacial score (nSPS) is 10.8. The number of hydrogen-bond acceptors (Lipinski definition) is 7. The van der Waals surface area contributed by atoms with Crippen LogP contribution in [0.2, 0.25) is 0 Å². The Morgan fingerprint density at radius 3 is 2.55 bits per heavy atom. The average Bonchev–Trinajstić information content (AvgIpc) is 2.87. The Morgan fingerprint density at radius 1 is 1.14 bits per heavy atom. The van der Waals surface area contributed by atoms with E-state index in [0.29, 0.717) is 10.9 Å². The zero-order chi connectivity index (χ0) is 15.9. The number of fused-ring (bicyclic) bond motifs is 3. The minimum Gasteiger partial charge on any atom is -0.504 e. The molecule has 0 bridgehead atoms. The molecule has 8 heteroatoms. The molecule has 0 aliphatic rings. The third-order valence-corrected chi connectivity index (χ3v) is 3.21. The van der Waals surface area contributed by atoms with E-state index in [0.717, 1.165) is 5.69 Å². The van der Waals surface area contributed by atoms with Crippen LogP contribution in [0.15, 0.2) is 12.1 Å². The Labute approximate surface area is 122 Å². The number of benzene rings is 1. The maximum Gasteiger partial charge on any atom is 0.299 e. The number of aryl methyl sites for hydroxylation is 1. The van der Waals surface area contributed by atoms with E-state index in [4.69, 9.17) is 4.74 Å². The van der Waals surface area contributed by atoms with Crippen LogP contribution < -0.4 is 9.47 Å². The van der Waals surface area contributed by atoms with Gasteiger partial charge in [0.1, 0.15) is 11.3 Å². The van der Waals surface area contributed by atoms with Gasteiger partial charge in [-0.05, 0) is 13.0 Å². The van der Waals surface area contributed by atoms with Gasteiger partial charge >= 0.3 is 0 Å². The minimum absolute atomic E-state index is 0.0269. The molecule has 3 aromatic rings. The summed E-state index contributed by atoms with van der Waals surface area (Å²) in [6.45, 7) is 2.11. The van der Waals surface area contributed by atoms with Crippen molar-refractivity contribution in [3.63, 3.8) is 0 Å². The van der Waals surface area contributed by atoms with Crippen LogP contribution in [0, 0.1) is 6.92 Å². The minimum atomic E-state index is -0.506. The van der Waals surface area contributed by atoms with Gasteiger partial charge in [-0.1, -0.05) is 0 Å². The van der Waals surface area contributed by atoms with Gasteiger partial charge in [-0.15, -0.1) is 0 Å². The summed E-state index contributed by atoms with van der Waals surface area (Å²) in [5, 5.41) is 20.8. The zero-order valence-corrected chi connectivity index (χ0v) is 11.3. The summed E-state index contributed by atoms with van der Waals surface area (Å²) < 4.78 is 9.51. The standard InChI is InChI=1S/C14H10N2O6/c1-6-2-7-11(15-6)10-8(21-4-17)3-9(22-5-18)16-12(10)14(20)13(7)19/h2-5,15,19-20H,1H3. The second kappa shape index (κ2) is 4.92. The first-order valence-corrected chi connectivity index (χ1v) is 6.15. The van der Waals surface area contributed by atoms with Crippen molar-refractivity contribution in [3.05, 3.63) is 17.8 Å². The van der Waals surface area contributed by atoms with E-state index in [9.17, 15) is 19.8 Å². The van der Waals surface area contributed by atoms with E-state index in [1.807, 2.05) is 0 Å². The zero-order valence-electron chi connectivity index (χ0n) is 11.3. The highest BCUT2D eigenvalue weighted by Gasteiger charge is 2.21. The summed E-state index contributed by atoms with van der Waals surface area (Å²) in [5.41, 5.74) is 1.09. The second-order valence-corrected chi connectivity index (χ2v) is 4.55. The van der Waals surface area contributed by atoms with Crippen molar-refractivity contribution in [2.45, 2.75) is 6.92 Å². The number of phenolic OH excluding ortho intramolecular Hbond substituents is 2. The molecule has 0 amide bonds. The summed E-state index contributed by atoms with van der Waals surface area (Å²) in [6, 6.07) is 2.86. The fourth-order valence-electron chi connectivity index (χ4n) is 2.38. The fraction of sp³-hybridized carbons (Fsp3) is 0.0714. The van der Waals surface area contributed by atoms with Crippen molar-refractivity contribution in [1.29, 1.82) is 0 Å². The highest BCUT2D eigenvalue weighted by molar-refractivity contribution is 6.13.